The molecule has 3 nitrogen and oxygen atoms in total. The Morgan fingerprint density at radius 1 is 1.17 bits per heavy atom. The number of hydrogen-bond donors (Lipinski definition) is 0. The molecule has 0 unspecified atom stereocenters. The Morgan fingerprint density at radius 2 is 1.94 bits per heavy atom. The summed E-state index contributed by atoms with van der Waals surface area (Å²) in [6.07, 6.45) is -2.97. The largest absolute Gasteiger partial charge is 0.439 e. The van der Waals surface area contributed by atoms with Crippen molar-refractivity contribution in [3.63, 3.8) is 0 Å². The SMILES string of the molecule is FC(F)(F)c1cccc(Oc2ccnc(Br)n2)c1. The Bertz CT molecular complexity index is 560. The van der Waals surface area contributed by atoms with E-state index in [4.69, 9.17) is 4.74 Å². The monoisotopic (exact) mass is 318 g/mol. The van der Waals surface area contributed by atoms with Crippen molar-refractivity contribution in [3.8, 4) is 11.6 Å². The van der Waals surface area contributed by atoms with Gasteiger partial charge in [-0.3, -0.25) is 0 Å². The summed E-state index contributed by atoms with van der Waals surface area (Å²) in [4.78, 5) is 7.65. The molecule has 0 fully saturated rings. The van der Waals surface area contributed by atoms with Gasteiger partial charge in [0.05, 0.1) is 5.56 Å². The van der Waals surface area contributed by atoms with Crippen molar-refractivity contribution >= 4 is 15.9 Å². The number of halogens is 4. The predicted octanol–water partition coefficient (Wildman–Crippen LogP) is 4.05. The van der Waals surface area contributed by atoms with Gasteiger partial charge in [0.1, 0.15) is 5.75 Å². The molecule has 0 N–H and O–H groups in total. The summed E-state index contributed by atoms with van der Waals surface area (Å²) in [6, 6.07) is 6.03. The van der Waals surface area contributed by atoms with Gasteiger partial charge in [-0.1, -0.05) is 6.07 Å². The van der Waals surface area contributed by atoms with Crippen LogP contribution in [0.4, 0.5) is 13.2 Å². The highest BCUT2D eigenvalue weighted by Crippen LogP contribution is 2.32. The first kappa shape index (κ1) is 12.8. The molecule has 0 saturated heterocycles. The second kappa shape index (κ2) is 4.93. The molecule has 7 heteroatoms. The lowest BCUT2D eigenvalue weighted by molar-refractivity contribution is -0.137. The molecular weight excluding hydrogens is 313 g/mol. The van der Waals surface area contributed by atoms with E-state index < -0.39 is 11.7 Å². The zero-order valence-electron chi connectivity index (χ0n) is 8.78. The standard InChI is InChI=1S/C11H6BrF3N2O/c12-10-16-5-4-9(17-10)18-8-3-1-2-7(6-8)11(13,14)15/h1-6H. The number of aromatic nitrogens is 2. The summed E-state index contributed by atoms with van der Waals surface area (Å²) in [5.41, 5.74) is -0.770. The van der Waals surface area contributed by atoms with Crippen LogP contribution in [-0.4, -0.2) is 9.97 Å². The average Bonchev–Trinajstić information content (AvgIpc) is 2.28. The summed E-state index contributed by atoms with van der Waals surface area (Å²) in [6.45, 7) is 0. The third kappa shape index (κ3) is 3.19. The molecule has 0 spiro atoms. The molecule has 1 heterocycles. The van der Waals surface area contributed by atoms with E-state index in [2.05, 4.69) is 25.9 Å². The number of benzene rings is 1. The predicted molar refractivity (Wildman–Crippen MR) is 61.3 cm³/mol. The fraction of sp³-hybridized carbons (Fsp3) is 0.0909. The number of nitrogens with zero attached hydrogens (tertiary/aromatic N) is 2. The third-order valence-corrected chi connectivity index (χ3v) is 2.37. The van der Waals surface area contributed by atoms with E-state index in [-0.39, 0.29) is 11.6 Å². The van der Waals surface area contributed by atoms with Crippen LogP contribution in [0.25, 0.3) is 0 Å². The summed E-state index contributed by atoms with van der Waals surface area (Å²) in [5.74, 6) is 0.228. The molecule has 94 valence electrons. The van der Waals surface area contributed by atoms with Gasteiger partial charge in [0.25, 0.3) is 0 Å². The van der Waals surface area contributed by atoms with Crippen LogP contribution < -0.4 is 4.74 Å². The summed E-state index contributed by atoms with van der Waals surface area (Å²) in [5, 5.41) is 0. The van der Waals surface area contributed by atoms with Gasteiger partial charge in [0.2, 0.25) is 5.88 Å². The Morgan fingerprint density at radius 3 is 2.61 bits per heavy atom. The zero-order chi connectivity index (χ0) is 13.2. The maximum absolute atomic E-state index is 12.5. The quantitative estimate of drug-likeness (QED) is 0.783. The minimum absolute atomic E-state index is 0.0652. The van der Waals surface area contributed by atoms with Gasteiger partial charge in [-0.2, -0.15) is 18.2 Å². The van der Waals surface area contributed by atoms with Gasteiger partial charge in [-0.15, -0.1) is 0 Å². The Balaban J connectivity index is 2.25. The third-order valence-electron chi connectivity index (χ3n) is 1.98. The highest BCUT2D eigenvalue weighted by Gasteiger charge is 2.30. The Kier molecular flexibility index (Phi) is 3.51. The van der Waals surface area contributed by atoms with Crippen molar-refractivity contribution in [3.05, 3.63) is 46.8 Å². The van der Waals surface area contributed by atoms with Gasteiger partial charge in [-0.25, -0.2) is 4.98 Å². The number of rotatable bonds is 2. The molecule has 2 aromatic rings. The molecular formula is C11H6BrF3N2O. The normalized spacial score (nSPS) is 11.3. The second-order valence-electron chi connectivity index (χ2n) is 3.29. The van der Waals surface area contributed by atoms with Gasteiger partial charge >= 0.3 is 6.18 Å². The first-order valence-electron chi connectivity index (χ1n) is 4.79. The van der Waals surface area contributed by atoms with Crippen LogP contribution in [-0.2, 0) is 6.18 Å². The summed E-state index contributed by atoms with van der Waals surface area (Å²) < 4.78 is 43.0. The molecule has 18 heavy (non-hydrogen) atoms. The number of ether oxygens (including phenoxy) is 1. The van der Waals surface area contributed by atoms with Gasteiger partial charge in [0, 0.05) is 12.3 Å². The van der Waals surface area contributed by atoms with Crippen LogP contribution >= 0.6 is 15.9 Å². The van der Waals surface area contributed by atoms with Gasteiger partial charge in [0.15, 0.2) is 4.73 Å². The lowest BCUT2D eigenvalue weighted by Gasteiger charge is -2.09. The average molecular weight is 319 g/mol. The molecule has 0 amide bonds. The molecule has 0 bridgehead atoms. The fourth-order valence-electron chi connectivity index (χ4n) is 1.23. The first-order chi connectivity index (χ1) is 8.45. The van der Waals surface area contributed by atoms with Crippen molar-refractivity contribution in [1.29, 1.82) is 0 Å². The highest BCUT2D eigenvalue weighted by molar-refractivity contribution is 9.10. The van der Waals surface area contributed by atoms with Crippen molar-refractivity contribution in [2.75, 3.05) is 0 Å². The van der Waals surface area contributed by atoms with Gasteiger partial charge in [-0.05, 0) is 34.1 Å². The highest BCUT2D eigenvalue weighted by atomic mass is 79.9. The van der Waals surface area contributed by atoms with Crippen LogP contribution in [0.5, 0.6) is 11.6 Å². The summed E-state index contributed by atoms with van der Waals surface area (Å²) >= 11 is 3.04. The first-order valence-corrected chi connectivity index (χ1v) is 5.58. The number of alkyl halides is 3. The van der Waals surface area contributed by atoms with Gasteiger partial charge < -0.3 is 4.74 Å². The molecule has 0 atom stereocenters. The maximum atomic E-state index is 12.5. The maximum Gasteiger partial charge on any atom is 0.416 e. The molecule has 0 aliphatic carbocycles. The minimum Gasteiger partial charge on any atom is -0.439 e. The molecule has 0 radical (unpaired) electrons. The molecule has 0 saturated carbocycles. The molecule has 1 aromatic carbocycles. The van der Waals surface area contributed by atoms with Crippen molar-refractivity contribution < 1.29 is 17.9 Å². The van der Waals surface area contributed by atoms with E-state index >= 15 is 0 Å². The molecule has 1 aromatic heterocycles. The van der Waals surface area contributed by atoms with E-state index in [0.29, 0.717) is 4.73 Å². The van der Waals surface area contributed by atoms with E-state index in [0.717, 1.165) is 12.1 Å². The fourth-order valence-corrected chi connectivity index (χ4v) is 1.53. The minimum atomic E-state index is -4.40. The van der Waals surface area contributed by atoms with E-state index in [1.54, 1.807) is 0 Å². The van der Waals surface area contributed by atoms with E-state index in [9.17, 15) is 13.2 Å². The molecule has 0 aliphatic rings. The summed E-state index contributed by atoms with van der Waals surface area (Å²) in [7, 11) is 0. The zero-order valence-corrected chi connectivity index (χ0v) is 10.4. The van der Waals surface area contributed by atoms with Crippen LogP contribution in [0.15, 0.2) is 41.3 Å². The van der Waals surface area contributed by atoms with Crippen LogP contribution in [0.2, 0.25) is 0 Å². The second-order valence-corrected chi connectivity index (χ2v) is 4.00. The Labute approximate surface area is 109 Å². The lowest BCUT2D eigenvalue weighted by Crippen LogP contribution is -2.04. The topological polar surface area (TPSA) is 35.0 Å². The van der Waals surface area contributed by atoms with E-state index in [1.807, 2.05) is 0 Å². The van der Waals surface area contributed by atoms with Crippen molar-refractivity contribution in [1.82, 2.24) is 9.97 Å². The molecule has 0 aliphatic heterocycles. The molecule has 2 rings (SSSR count). The van der Waals surface area contributed by atoms with Crippen LogP contribution in [0.3, 0.4) is 0 Å². The van der Waals surface area contributed by atoms with Crippen LogP contribution in [0, 0.1) is 0 Å². The van der Waals surface area contributed by atoms with Crippen LogP contribution in [0.1, 0.15) is 5.56 Å². The van der Waals surface area contributed by atoms with Crippen molar-refractivity contribution in [2.45, 2.75) is 6.18 Å². The number of hydrogen-bond acceptors (Lipinski definition) is 3. The smallest absolute Gasteiger partial charge is 0.416 e. The van der Waals surface area contributed by atoms with E-state index in [1.165, 1.54) is 24.4 Å². The van der Waals surface area contributed by atoms with Crippen molar-refractivity contribution in [2.24, 2.45) is 0 Å². The Hall–Kier alpha value is -1.63. The lowest BCUT2D eigenvalue weighted by atomic mass is 10.2.